The van der Waals surface area contributed by atoms with Gasteiger partial charge in [-0.15, -0.1) is 12.3 Å². The number of benzene rings is 1. The number of hydrogen-bond acceptors (Lipinski definition) is 3. The number of hydrogen-bond donors (Lipinski definition) is 1. The lowest BCUT2D eigenvalue weighted by Crippen LogP contribution is -2.10. The Morgan fingerprint density at radius 2 is 2.17 bits per heavy atom. The topological polar surface area (TPSA) is 50.4 Å². The summed E-state index contributed by atoms with van der Waals surface area (Å²) in [4.78, 5) is 12.9. The van der Waals surface area contributed by atoms with Crippen LogP contribution in [0.5, 0.6) is 5.75 Å². The number of rotatable bonds is 4. The van der Waals surface area contributed by atoms with Crippen molar-refractivity contribution in [2.75, 3.05) is 0 Å². The first-order valence-electron chi connectivity index (χ1n) is 7.32. The minimum Gasteiger partial charge on any atom is -0.507 e. The molecule has 0 amide bonds. The van der Waals surface area contributed by atoms with Gasteiger partial charge in [-0.1, -0.05) is 30.4 Å². The van der Waals surface area contributed by atoms with Gasteiger partial charge in [0.1, 0.15) is 22.5 Å². The first kappa shape index (κ1) is 16.4. The second kappa shape index (κ2) is 7.33. The molecule has 0 radical (unpaired) electrons. The molecule has 2 rings (SSSR count). The molecule has 0 spiro atoms. The van der Waals surface area contributed by atoms with Crippen LogP contribution in [-0.2, 0) is 0 Å². The molecule has 0 atom stereocenters. The third-order valence-corrected chi connectivity index (χ3v) is 3.38. The molecule has 0 bridgehead atoms. The molecule has 0 aliphatic rings. The van der Waals surface area contributed by atoms with Crippen LogP contribution >= 0.6 is 0 Å². The predicted molar refractivity (Wildman–Crippen MR) is 95.1 cm³/mol. The number of phenols is 1. The van der Waals surface area contributed by atoms with Crippen molar-refractivity contribution in [3.63, 3.8) is 0 Å². The molecular formula is C20H18O3. The third-order valence-electron chi connectivity index (χ3n) is 3.38. The van der Waals surface area contributed by atoms with Gasteiger partial charge in [-0.3, -0.25) is 4.79 Å². The van der Waals surface area contributed by atoms with Gasteiger partial charge < -0.3 is 9.52 Å². The van der Waals surface area contributed by atoms with Gasteiger partial charge in [0, 0.05) is 6.42 Å². The fourth-order valence-electron chi connectivity index (χ4n) is 2.36. The molecule has 0 aliphatic carbocycles. The van der Waals surface area contributed by atoms with Gasteiger partial charge in [0.05, 0.1) is 5.56 Å². The normalized spacial score (nSPS) is 12.3. The highest BCUT2D eigenvalue weighted by Gasteiger charge is 2.17. The molecule has 23 heavy (non-hydrogen) atoms. The zero-order chi connectivity index (χ0) is 16.8. The van der Waals surface area contributed by atoms with Gasteiger partial charge >= 0.3 is 0 Å². The average molecular weight is 306 g/mol. The van der Waals surface area contributed by atoms with Crippen molar-refractivity contribution in [1.82, 2.24) is 0 Å². The summed E-state index contributed by atoms with van der Waals surface area (Å²) in [5.41, 5.74) is 1.20. The molecule has 0 unspecified atom stereocenters. The number of phenolic OH excluding ortho intramolecular Hbond substituents is 1. The van der Waals surface area contributed by atoms with E-state index in [0.29, 0.717) is 28.9 Å². The molecule has 0 saturated heterocycles. The summed E-state index contributed by atoms with van der Waals surface area (Å²) in [6, 6.07) is 4.78. The Bertz CT molecular complexity index is 903. The largest absolute Gasteiger partial charge is 0.507 e. The van der Waals surface area contributed by atoms with Gasteiger partial charge in [-0.05, 0) is 37.6 Å². The van der Waals surface area contributed by atoms with E-state index in [2.05, 4.69) is 5.92 Å². The minimum atomic E-state index is -0.268. The summed E-state index contributed by atoms with van der Waals surface area (Å²) >= 11 is 0. The van der Waals surface area contributed by atoms with E-state index in [1.807, 2.05) is 26.0 Å². The fraction of sp³-hybridized carbons (Fsp3) is 0.150. The van der Waals surface area contributed by atoms with Crippen LogP contribution in [-0.4, -0.2) is 5.11 Å². The van der Waals surface area contributed by atoms with Crippen LogP contribution in [0.2, 0.25) is 0 Å². The van der Waals surface area contributed by atoms with Crippen LogP contribution < -0.4 is 5.43 Å². The predicted octanol–water partition coefficient (Wildman–Crippen LogP) is 4.51. The monoisotopic (exact) mass is 306 g/mol. The van der Waals surface area contributed by atoms with Gasteiger partial charge in [-0.2, -0.15) is 0 Å². The van der Waals surface area contributed by atoms with Crippen LogP contribution in [0.3, 0.4) is 0 Å². The van der Waals surface area contributed by atoms with Crippen LogP contribution in [0, 0.1) is 12.3 Å². The van der Waals surface area contributed by atoms with Gasteiger partial charge in [0.15, 0.2) is 0 Å². The Kier molecular flexibility index (Phi) is 5.22. The van der Waals surface area contributed by atoms with E-state index in [9.17, 15) is 9.90 Å². The maximum absolute atomic E-state index is 12.9. The lowest BCUT2D eigenvalue weighted by molar-refractivity contribution is 0.479. The highest BCUT2D eigenvalue weighted by Crippen LogP contribution is 2.27. The van der Waals surface area contributed by atoms with Crippen molar-refractivity contribution < 1.29 is 9.52 Å². The molecule has 0 saturated carbocycles. The highest BCUT2D eigenvalue weighted by atomic mass is 16.3. The Labute approximate surface area is 135 Å². The lowest BCUT2D eigenvalue weighted by Gasteiger charge is -2.09. The molecule has 3 nitrogen and oxygen atoms in total. The standard InChI is InChI=1S/C20H18O3/c1-4-7-8-11-14(6-3)18-16(10-5-2)23-17-13-9-12-15(21)19(17)20(18)22/h1,5-6,8-13,21H,7H2,2-3H3/b10-5-,11-8-,14-6+. The van der Waals surface area contributed by atoms with E-state index in [4.69, 9.17) is 10.8 Å². The zero-order valence-corrected chi connectivity index (χ0v) is 13.2. The Morgan fingerprint density at radius 3 is 2.83 bits per heavy atom. The number of allylic oxidation sites excluding steroid dienone is 5. The van der Waals surface area contributed by atoms with Crippen LogP contribution in [0.25, 0.3) is 22.6 Å². The molecule has 1 aromatic heterocycles. The first-order valence-corrected chi connectivity index (χ1v) is 7.32. The SMILES string of the molecule is C#CC/C=C\C(=C/C)c1c(/C=C\C)oc2cccc(O)c2c1=O. The number of fused-ring (bicyclic) bond motifs is 1. The second-order valence-electron chi connectivity index (χ2n) is 4.88. The quantitative estimate of drug-likeness (QED) is 0.667. The van der Waals surface area contributed by atoms with E-state index in [1.54, 1.807) is 30.4 Å². The Balaban J connectivity index is 2.82. The summed E-state index contributed by atoms with van der Waals surface area (Å²) in [5.74, 6) is 2.88. The fourth-order valence-corrected chi connectivity index (χ4v) is 2.36. The minimum absolute atomic E-state index is 0.0902. The van der Waals surface area contributed by atoms with Gasteiger partial charge in [0.25, 0.3) is 0 Å². The van der Waals surface area contributed by atoms with Crippen molar-refractivity contribution >= 4 is 22.6 Å². The molecule has 3 heteroatoms. The molecule has 1 heterocycles. The molecule has 0 fully saturated rings. The Morgan fingerprint density at radius 1 is 1.39 bits per heavy atom. The van der Waals surface area contributed by atoms with Crippen LogP contribution in [0.4, 0.5) is 0 Å². The summed E-state index contributed by atoms with van der Waals surface area (Å²) in [5, 5.41) is 10.2. The maximum atomic E-state index is 12.9. The highest BCUT2D eigenvalue weighted by molar-refractivity contribution is 5.89. The number of aromatic hydroxyl groups is 1. The summed E-state index contributed by atoms with van der Waals surface area (Å²) in [6.45, 7) is 3.68. The van der Waals surface area contributed by atoms with E-state index in [1.165, 1.54) is 6.07 Å². The molecule has 1 aromatic carbocycles. The van der Waals surface area contributed by atoms with Crippen molar-refractivity contribution in [2.24, 2.45) is 0 Å². The van der Waals surface area contributed by atoms with Gasteiger partial charge in [-0.25, -0.2) is 0 Å². The summed E-state index contributed by atoms with van der Waals surface area (Å²) in [6.07, 6.45) is 14.7. The van der Waals surface area contributed by atoms with Gasteiger partial charge in [0.2, 0.25) is 5.43 Å². The molecule has 0 aliphatic heterocycles. The smallest absolute Gasteiger partial charge is 0.204 e. The van der Waals surface area contributed by atoms with Crippen LogP contribution in [0.15, 0.2) is 51.7 Å². The molecule has 1 N–H and O–H groups in total. The number of terminal acetylenes is 1. The summed E-state index contributed by atoms with van der Waals surface area (Å²) in [7, 11) is 0. The lowest BCUT2D eigenvalue weighted by atomic mass is 10.0. The summed E-state index contributed by atoms with van der Waals surface area (Å²) < 4.78 is 5.82. The molecule has 116 valence electrons. The molecular weight excluding hydrogens is 288 g/mol. The maximum Gasteiger partial charge on any atom is 0.204 e. The van der Waals surface area contributed by atoms with E-state index in [-0.39, 0.29) is 16.6 Å². The molecule has 2 aromatic rings. The Hall–Kier alpha value is -2.99. The van der Waals surface area contributed by atoms with E-state index >= 15 is 0 Å². The first-order chi connectivity index (χ1) is 11.1. The zero-order valence-electron chi connectivity index (χ0n) is 13.2. The average Bonchev–Trinajstić information content (AvgIpc) is 2.53. The third kappa shape index (κ3) is 3.27. The van der Waals surface area contributed by atoms with Crippen molar-refractivity contribution in [3.05, 3.63) is 64.1 Å². The second-order valence-corrected chi connectivity index (χ2v) is 4.88. The van der Waals surface area contributed by atoms with Crippen molar-refractivity contribution in [1.29, 1.82) is 0 Å². The van der Waals surface area contributed by atoms with Crippen molar-refractivity contribution in [2.45, 2.75) is 20.3 Å². The van der Waals surface area contributed by atoms with Crippen LogP contribution in [0.1, 0.15) is 31.6 Å². The van der Waals surface area contributed by atoms with Crippen molar-refractivity contribution in [3.8, 4) is 18.1 Å². The van der Waals surface area contributed by atoms with E-state index in [0.717, 1.165) is 0 Å². The van der Waals surface area contributed by atoms with E-state index < -0.39 is 0 Å².